The fraction of sp³-hybridized carbons (Fsp3) is 0.722. The van der Waals surface area contributed by atoms with E-state index in [0.29, 0.717) is 43.5 Å². The van der Waals surface area contributed by atoms with Crippen LogP contribution < -0.4 is 10.6 Å². The predicted octanol–water partition coefficient (Wildman–Crippen LogP) is 0.333. The van der Waals surface area contributed by atoms with E-state index >= 15 is 0 Å². The Bertz CT molecular complexity index is 743. The van der Waals surface area contributed by atoms with Crippen molar-refractivity contribution in [3.8, 4) is 0 Å². The number of carbonyl (C=O) groups excluding carboxylic acids is 2. The van der Waals surface area contributed by atoms with Crippen LogP contribution in [0.1, 0.15) is 55.9 Å². The molecule has 2 saturated heterocycles. The highest BCUT2D eigenvalue weighted by atomic mass is 16.2. The lowest BCUT2D eigenvalue weighted by atomic mass is 9.88. The molecule has 0 bridgehead atoms. The third kappa shape index (κ3) is 3.73. The molecule has 0 aromatic carbocycles. The Labute approximate surface area is 158 Å². The number of aryl methyl sites for hydroxylation is 1. The smallest absolute Gasteiger partial charge is 0.276 e. The summed E-state index contributed by atoms with van der Waals surface area (Å²) in [6.45, 7) is 4.65. The van der Waals surface area contributed by atoms with Crippen molar-refractivity contribution in [2.24, 2.45) is 4.99 Å². The van der Waals surface area contributed by atoms with Crippen molar-refractivity contribution in [1.82, 2.24) is 30.5 Å². The summed E-state index contributed by atoms with van der Waals surface area (Å²) in [5.41, 5.74) is -0.316. The van der Waals surface area contributed by atoms with Crippen LogP contribution in [-0.4, -0.2) is 68.8 Å². The van der Waals surface area contributed by atoms with E-state index in [1.165, 1.54) is 19.3 Å². The molecule has 0 radical (unpaired) electrons. The SMILES string of the molecule is CC1=NC2(CCN(C(=O)c3cn(CCC4CCCCN4)nn3)CC2)C(=O)N1. The summed E-state index contributed by atoms with van der Waals surface area (Å²) in [6.07, 6.45) is 7.55. The lowest BCUT2D eigenvalue weighted by molar-refractivity contribution is -0.125. The Morgan fingerprint density at radius 2 is 2.15 bits per heavy atom. The third-order valence-corrected chi connectivity index (χ3v) is 5.85. The molecule has 1 spiro atoms. The van der Waals surface area contributed by atoms with E-state index in [-0.39, 0.29) is 11.8 Å². The Morgan fingerprint density at radius 3 is 2.81 bits per heavy atom. The van der Waals surface area contributed by atoms with Crippen LogP contribution >= 0.6 is 0 Å². The first-order chi connectivity index (χ1) is 13.1. The molecule has 1 atom stereocenters. The molecule has 3 aliphatic rings. The summed E-state index contributed by atoms with van der Waals surface area (Å²) < 4.78 is 1.76. The van der Waals surface area contributed by atoms with Crippen molar-refractivity contribution in [3.05, 3.63) is 11.9 Å². The van der Waals surface area contributed by atoms with Crippen molar-refractivity contribution in [3.63, 3.8) is 0 Å². The summed E-state index contributed by atoms with van der Waals surface area (Å²) in [5.74, 6) is 0.496. The Balaban J connectivity index is 1.31. The van der Waals surface area contributed by atoms with Gasteiger partial charge in [-0.3, -0.25) is 19.3 Å². The Kier molecular flexibility index (Phi) is 4.94. The number of aromatic nitrogens is 3. The minimum absolute atomic E-state index is 0.0469. The van der Waals surface area contributed by atoms with Gasteiger partial charge in [0.05, 0.1) is 6.20 Å². The van der Waals surface area contributed by atoms with Gasteiger partial charge < -0.3 is 15.5 Å². The van der Waals surface area contributed by atoms with Crippen molar-refractivity contribution in [1.29, 1.82) is 0 Å². The fourth-order valence-electron chi connectivity index (χ4n) is 4.23. The maximum Gasteiger partial charge on any atom is 0.276 e. The van der Waals surface area contributed by atoms with E-state index in [1.54, 1.807) is 22.7 Å². The standard InChI is InChI=1S/C18H27N7O2/c1-13-20-17(27)18(21-13)6-10-24(11-7-18)16(26)15-12-25(23-22-15)9-5-14-4-2-3-8-19-14/h12,14,19H,2-11H2,1H3,(H,20,21,27). The van der Waals surface area contributed by atoms with Gasteiger partial charge in [-0.25, -0.2) is 0 Å². The molecule has 0 aliphatic carbocycles. The van der Waals surface area contributed by atoms with E-state index < -0.39 is 5.54 Å². The zero-order chi connectivity index (χ0) is 18.9. The van der Waals surface area contributed by atoms with Gasteiger partial charge in [-0.15, -0.1) is 5.10 Å². The van der Waals surface area contributed by atoms with Crippen molar-refractivity contribution in [2.45, 2.75) is 63.6 Å². The van der Waals surface area contributed by atoms with Crippen LogP contribution in [0, 0.1) is 0 Å². The second kappa shape index (κ2) is 7.38. The molecule has 2 fully saturated rings. The molecule has 9 nitrogen and oxygen atoms in total. The van der Waals surface area contributed by atoms with E-state index in [4.69, 9.17) is 0 Å². The molecular weight excluding hydrogens is 346 g/mol. The average Bonchev–Trinajstić information content (AvgIpc) is 3.26. The maximum absolute atomic E-state index is 12.7. The first-order valence-electron chi connectivity index (χ1n) is 9.86. The molecule has 2 amide bonds. The Morgan fingerprint density at radius 1 is 1.33 bits per heavy atom. The van der Waals surface area contributed by atoms with E-state index in [9.17, 15) is 9.59 Å². The molecule has 4 heterocycles. The molecule has 3 aliphatic heterocycles. The van der Waals surface area contributed by atoms with Gasteiger partial charge in [-0.05, 0) is 45.6 Å². The minimum atomic E-state index is -0.689. The van der Waals surface area contributed by atoms with Gasteiger partial charge in [0.1, 0.15) is 11.4 Å². The van der Waals surface area contributed by atoms with Gasteiger partial charge in [0.2, 0.25) is 0 Å². The second-order valence-corrected chi connectivity index (χ2v) is 7.78. The largest absolute Gasteiger partial charge is 0.337 e. The third-order valence-electron chi connectivity index (χ3n) is 5.85. The van der Waals surface area contributed by atoms with Crippen molar-refractivity contribution < 1.29 is 9.59 Å². The van der Waals surface area contributed by atoms with Gasteiger partial charge in [-0.1, -0.05) is 11.6 Å². The van der Waals surface area contributed by atoms with E-state index in [1.807, 2.05) is 0 Å². The van der Waals surface area contributed by atoms with Crippen LogP contribution in [0.2, 0.25) is 0 Å². The van der Waals surface area contributed by atoms with Crippen LogP contribution in [0.4, 0.5) is 0 Å². The molecule has 2 N–H and O–H groups in total. The maximum atomic E-state index is 12.7. The van der Waals surface area contributed by atoms with Crippen LogP contribution in [0.3, 0.4) is 0 Å². The van der Waals surface area contributed by atoms with Gasteiger partial charge in [0, 0.05) is 25.7 Å². The highest BCUT2D eigenvalue weighted by molar-refractivity contribution is 6.07. The number of nitrogens with one attached hydrogen (secondary N) is 2. The van der Waals surface area contributed by atoms with Gasteiger partial charge in [0.25, 0.3) is 11.8 Å². The molecule has 146 valence electrons. The number of nitrogens with zero attached hydrogens (tertiary/aromatic N) is 5. The molecule has 1 aromatic rings. The molecular formula is C18H27N7O2. The normalized spacial score (nSPS) is 24.8. The summed E-state index contributed by atoms with van der Waals surface area (Å²) in [4.78, 5) is 31.1. The topological polar surface area (TPSA) is 105 Å². The lowest BCUT2D eigenvalue weighted by Crippen LogP contribution is -2.50. The minimum Gasteiger partial charge on any atom is -0.337 e. The summed E-state index contributed by atoms with van der Waals surface area (Å²) in [5, 5.41) is 14.5. The zero-order valence-corrected chi connectivity index (χ0v) is 15.8. The monoisotopic (exact) mass is 373 g/mol. The number of likely N-dealkylation sites (tertiary alicyclic amines) is 1. The highest BCUT2D eigenvalue weighted by Gasteiger charge is 2.45. The Hall–Kier alpha value is -2.29. The number of amidine groups is 1. The molecule has 27 heavy (non-hydrogen) atoms. The second-order valence-electron chi connectivity index (χ2n) is 7.78. The number of amides is 2. The molecule has 1 aromatic heterocycles. The van der Waals surface area contributed by atoms with Crippen molar-refractivity contribution in [2.75, 3.05) is 19.6 Å². The number of carbonyl (C=O) groups is 2. The van der Waals surface area contributed by atoms with Crippen LogP contribution in [0.25, 0.3) is 0 Å². The average molecular weight is 373 g/mol. The molecule has 1 unspecified atom stereocenters. The van der Waals surface area contributed by atoms with E-state index in [2.05, 4.69) is 25.9 Å². The van der Waals surface area contributed by atoms with Crippen LogP contribution in [0.5, 0.6) is 0 Å². The highest BCUT2D eigenvalue weighted by Crippen LogP contribution is 2.30. The fourth-order valence-corrected chi connectivity index (χ4v) is 4.23. The number of hydrogen-bond donors (Lipinski definition) is 2. The number of aliphatic imine (C=N–C) groups is 1. The number of piperidine rings is 2. The number of rotatable bonds is 4. The number of hydrogen-bond acceptors (Lipinski definition) is 6. The van der Waals surface area contributed by atoms with Gasteiger partial charge in [0.15, 0.2) is 5.69 Å². The molecule has 4 rings (SSSR count). The zero-order valence-electron chi connectivity index (χ0n) is 15.8. The van der Waals surface area contributed by atoms with Gasteiger partial charge >= 0.3 is 0 Å². The molecule has 9 heteroatoms. The van der Waals surface area contributed by atoms with E-state index in [0.717, 1.165) is 19.5 Å². The first kappa shape index (κ1) is 18.1. The summed E-state index contributed by atoms with van der Waals surface area (Å²) in [6, 6.07) is 0.530. The quantitative estimate of drug-likeness (QED) is 0.792. The summed E-state index contributed by atoms with van der Waals surface area (Å²) >= 11 is 0. The van der Waals surface area contributed by atoms with Crippen molar-refractivity contribution >= 4 is 17.6 Å². The lowest BCUT2D eigenvalue weighted by Gasteiger charge is -2.35. The van der Waals surface area contributed by atoms with Gasteiger partial charge in [-0.2, -0.15) is 0 Å². The summed E-state index contributed by atoms with van der Waals surface area (Å²) in [7, 11) is 0. The van der Waals surface area contributed by atoms with Crippen LogP contribution in [0.15, 0.2) is 11.2 Å². The first-order valence-corrected chi connectivity index (χ1v) is 9.86. The van der Waals surface area contributed by atoms with Crippen LogP contribution in [-0.2, 0) is 11.3 Å². The molecule has 0 saturated carbocycles. The predicted molar refractivity (Wildman–Crippen MR) is 99.4 cm³/mol.